The Bertz CT molecular complexity index is 544. The number of nitro groups is 1. The Labute approximate surface area is 128 Å². The van der Waals surface area contributed by atoms with Crippen LogP contribution in [0.5, 0.6) is 0 Å². The molecule has 0 heterocycles. The van der Waals surface area contributed by atoms with Gasteiger partial charge in [0.05, 0.1) is 11.0 Å². The summed E-state index contributed by atoms with van der Waals surface area (Å²) in [7, 11) is 0. The summed E-state index contributed by atoms with van der Waals surface area (Å²) in [4.78, 5) is 22.4. The van der Waals surface area contributed by atoms with Gasteiger partial charge in [0, 0.05) is 17.6 Å². The quantitative estimate of drug-likeness (QED) is 0.623. The van der Waals surface area contributed by atoms with E-state index in [1.165, 1.54) is 18.2 Å². The fourth-order valence-electron chi connectivity index (χ4n) is 2.14. The molecule has 0 fully saturated rings. The van der Waals surface area contributed by atoms with Crippen molar-refractivity contribution in [3.05, 3.63) is 38.9 Å². The lowest BCUT2D eigenvalue weighted by Gasteiger charge is -2.26. The van der Waals surface area contributed by atoms with Gasteiger partial charge in [0.15, 0.2) is 0 Å². The molecule has 21 heavy (non-hydrogen) atoms. The lowest BCUT2D eigenvalue weighted by atomic mass is 9.87. The minimum absolute atomic E-state index is 0.0691. The Balaban J connectivity index is 2.85. The SMILES string of the molecule is CC(O)CC(C)(C)CNC(=O)c1cc(Cl)ccc1[N+](=O)[O-]. The summed E-state index contributed by atoms with van der Waals surface area (Å²) < 4.78 is 0. The van der Waals surface area contributed by atoms with Crippen molar-refractivity contribution in [1.82, 2.24) is 5.32 Å². The van der Waals surface area contributed by atoms with E-state index >= 15 is 0 Å². The molecule has 0 aliphatic carbocycles. The highest BCUT2D eigenvalue weighted by Crippen LogP contribution is 2.24. The number of hydrogen-bond donors (Lipinski definition) is 2. The van der Waals surface area contributed by atoms with Crippen molar-refractivity contribution in [2.75, 3.05) is 6.54 Å². The smallest absolute Gasteiger partial charge is 0.282 e. The van der Waals surface area contributed by atoms with E-state index in [9.17, 15) is 20.0 Å². The second kappa shape index (κ2) is 6.87. The Morgan fingerprint density at radius 2 is 2.14 bits per heavy atom. The normalized spacial score (nSPS) is 12.8. The molecule has 0 radical (unpaired) electrons. The summed E-state index contributed by atoms with van der Waals surface area (Å²) in [5.41, 5.74) is -0.678. The van der Waals surface area contributed by atoms with E-state index in [0.717, 1.165) is 0 Å². The van der Waals surface area contributed by atoms with Crippen molar-refractivity contribution in [1.29, 1.82) is 0 Å². The zero-order valence-corrected chi connectivity index (χ0v) is 13.0. The average Bonchev–Trinajstić information content (AvgIpc) is 2.34. The predicted molar refractivity (Wildman–Crippen MR) is 80.5 cm³/mol. The van der Waals surface area contributed by atoms with Crippen LogP contribution in [0.15, 0.2) is 18.2 Å². The minimum atomic E-state index is -0.619. The molecule has 0 aliphatic rings. The molecule has 0 saturated heterocycles. The third-order valence-corrected chi connectivity index (χ3v) is 3.21. The van der Waals surface area contributed by atoms with Crippen molar-refractivity contribution in [2.45, 2.75) is 33.3 Å². The molecule has 0 spiro atoms. The van der Waals surface area contributed by atoms with Crippen LogP contribution < -0.4 is 5.32 Å². The lowest BCUT2D eigenvalue weighted by Crippen LogP contribution is -2.36. The van der Waals surface area contributed by atoms with E-state index in [4.69, 9.17) is 11.6 Å². The zero-order chi connectivity index (χ0) is 16.2. The molecule has 1 atom stereocenters. The monoisotopic (exact) mass is 314 g/mol. The first-order valence-corrected chi connectivity index (χ1v) is 6.90. The summed E-state index contributed by atoms with van der Waals surface area (Å²) in [5, 5.41) is 23.2. The van der Waals surface area contributed by atoms with Crippen molar-refractivity contribution in [3.8, 4) is 0 Å². The highest BCUT2D eigenvalue weighted by atomic mass is 35.5. The molecule has 2 N–H and O–H groups in total. The first kappa shape index (κ1) is 17.4. The fraction of sp³-hybridized carbons (Fsp3) is 0.500. The molecule has 0 bridgehead atoms. The van der Waals surface area contributed by atoms with Gasteiger partial charge in [0.1, 0.15) is 5.56 Å². The van der Waals surface area contributed by atoms with Gasteiger partial charge in [-0.1, -0.05) is 25.4 Å². The van der Waals surface area contributed by atoms with Crippen LogP contribution in [0, 0.1) is 15.5 Å². The summed E-state index contributed by atoms with van der Waals surface area (Å²) in [6.45, 7) is 5.75. The molecule has 0 aromatic heterocycles. The van der Waals surface area contributed by atoms with E-state index in [2.05, 4.69) is 5.32 Å². The highest BCUT2D eigenvalue weighted by molar-refractivity contribution is 6.31. The van der Waals surface area contributed by atoms with Crippen molar-refractivity contribution < 1.29 is 14.8 Å². The van der Waals surface area contributed by atoms with Crippen LogP contribution in [0.4, 0.5) is 5.69 Å². The number of hydrogen-bond acceptors (Lipinski definition) is 4. The minimum Gasteiger partial charge on any atom is -0.393 e. The molecular formula is C14H19ClN2O4. The summed E-state index contributed by atoms with van der Waals surface area (Å²) in [5.74, 6) is -0.553. The molecule has 1 aromatic carbocycles. The summed E-state index contributed by atoms with van der Waals surface area (Å²) in [6, 6.07) is 3.85. The van der Waals surface area contributed by atoms with Gasteiger partial charge in [-0.25, -0.2) is 0 Å². The van der Waals surface area contributed by atoms with Crippen molar-refractivity contribution in [2.24, 2.45) is 5.41 Å². The molecule has 7 heteroatoms. The molecular weight excluding hydrogens is 296 g/mol. The third-order valence-electron chi connectivity index (χ3n) is 2.98. The van der Waals surface area contributed by atoms with Crippen LogP contribution in [0.2, 0.25) is 5.02 Å². The predicted octanol–water partition coefficient (Wildman–Crippen LogP) is 2.78. The van der Waals surface area contributed by atoms with E-state index < -0.39 is 16.9 Å². The van der Waals surface area contributed by atoms with E-state index in [-0.39, 0.29) is 21.7 Å². The van der Waals surface area contributed by atoms with Gasteiger partial charge in [-0.15, -0.1) is 0 Å². The fourth-order valence-corrected chi connectivity index (χ4v) is 2.31. The van der Waals surface area contributed by atoms with Gasteiger partial charge < -0.3 is 10.4 Å². The lowest BCUT2D eigenvalue weighted by molar-refractivity contribution is -0.385. The number of aliphatic hydroxyl groups excluding tert-OH is 1. The van der Waals surface area contributed by atoms with Crippen LogP contribution in [0.25, 0.3) is 0 Å². The average molecular weight is 315 g/mol. The number of halogens is 1. The Hall–Kier alpha value is -1.66. The maximum Gasteiger partial charge on any atom is 0.282 e. The van der Waals surface area contributed by atoms with Crippen LogP contribution in [-0.2, 0) is 0 Å². The van der Waals surface area contributed by atoms with Crippen LogP contribution >= 0.6 is 11.6 Å². The van der Waals surface area contributed by atoms with Gasteiger partial charge in [-0.2, -0.15) is 0 Å². The number of nitrogens with one attached hydrogen (secondary N) is 1. The summed E-state index contributed by atoms with van der Waals surface area (Å²) in [6.07, 6.45) is 0.0164. The Kier molecular flexibility index (Phi) is 5.69. The first-order chi connectivity index (χ1) is 9.62. The third kappa shape index (κ3) is 5.32. The van der Waals surface area contributed by atoms with Gasteiger partial charge >= 0.3 is 0 Å². The zero-order valence-electron chi connectivity index (χ0n) is 12.2. The maximum atomic E-state index is 12.1. The standard InChI is InChI=1S/C14H19ClN2O4/c1-9(18)7-14(2,3)8-16-13(19)11-6-10(15)4-5-12(11)17(20)21/h4-6,9,18H,7-8H2,1-3H3,(H,16,19). The van der Waals surface area contributed by atoms with E-state index in [1.807, 2.05) is 13.8 Å². The van der Waals surface area contributed by atoms with Gasteiger partial charge in [0.2, 0.25) is 0 Å². The van der Waals surface area contributed by atoms with Gasteiger partial charge in [0.25, 0.3) is 11.6 Å². The number of rotatable bonds is 6. The molecule has 0 saturated carbocycles. The van der Waals surface area contributed by atoms with Crippen LogP contribution in [0.3, 0.4) is 0 Å². The number of benzene rings is 1. The molecule has 116 valence electrons. The molecule has 1 rings (SSSR count). The Morgan fingerprint density at radius 3 is 2.67 bits per heavy atom. The highest BCUT2D eigenvalue weighted by Gasteiger charge is 2.24. The second-order valence-electron chi connectivity index (χ2n) is 5.82. The second-order valence-corrected chi connectivity index (χ2v) is 6.26. The topological polar surface area (TPSA) is 92.5 Å². The number of carbonyl (C=O) groups is 1. The number of nitrogens with zero attached hydrogens (tertiary/aromatic N) is 1. The van der Waals surface area contributed by atoms with E-state index in [1.54, 1.807) is 6.92 Å². The van der Waals surface area contributed by atoms with Gasteiger partial charge in [-0.05, 0) is 30.9 Å². The van der Waals surface area contributed by atoms with E-state index in [0.29, 0.717) is 13.0 Å². The number of amides is 1. The van der Waals surface area contributed by atoms with Crippen LogP contribution in [-0.4, -0.2) is 28.6 Å². The van der Waals surface area contributed by atoms with Crippen molar-refractivity contribution >= 4 is 23.2 Å². The molecule has 1 amide bonds. The number of nitro benzene ring substituents is 1. The molecule has 1 aromatic rings. The van der Waals surface area contributed by atoms with Crippen LogP contribution in [0.1, 0.15) is 37.6 Å². The molecule has 0 aliphatic heterocycles. The molecule has 6 nitrogen and oxygen atoms in total. The first-order valence-electron chi connectivity index (χ1n) is 6.52. The van der Waals surface area contributed by atoms with Gasteiger partial charge in [-0.3, -0.25) is 14.9 Å². The number of carbonyl (C=O) groups excluding carboxylic acids is 1. The maximum absolute atomic E-state index is 12.1. The Morgan fingerprint density at radius 1 is 1.52 bits per heavy atom. The molecule has 1 unspecified atom stereocenters. The van der Waals surface area contributed by atoms with Crippen molar-refractivity contribution in [3.63, 3.8) is 0 Å². The number of aliphatic hydroxyl groups is 1. The largest absolute Gasteiger partial charge is 0.393 e. The summed E-state index contributed by atoms with van der Waals surface area (Å²) >= 11 is 5.79.